The number of rotatable bonds is 5. The Morgan fingerprint density at radius 1 is 1.36 bits per heavy atom. The number of ether oxygens (including phenoxy) is 2. The monoisotopic (exact) mass is 409 g/mol. The summed E-state index contributed by atoms with van der Waals surface area (Å²) in [6, 6.07) is 12.2. The molecule has 1 N–H and O–H groups in total. The second-order valence-electron chi connectivity index (χ2n) is 4.35. The fourth-order valence-electron chi connectivity index (χ4n) is 1.89. The van der Waals surface area contributed by atoms with Crippen LogP contribution in [0.1, 0.15) is 21.5 Å². The Balaban J connectivity index is 2.30. The van der Waals surface area contributed by atoms with E-state index in [1.54, 1.807) is 12.1 Å². The number of hydrogen-bond acceptors (Lipinski definition) is 4. The van der Waals surface area contributed by atoms with Crippen LogP contribution in [0, 0.1) is 14.9 Å². The van der Waals surface area contributed by atoms with Gasteiger partial charge in [0.25, 0.3) is 0 Å². The third-order valence-electron chi connectivity index (χ3n) is 2.99. The van der Waals surface area contributed by atoms with Gasteiger partial charge < -0.3 is 14.6 Å². The maximum atomic E-state index is 11.1. The summed E-state index contributed by atoms with van der Waals surface area (Å²) >= 11 is 2.00. The minimum absolute atomic E-state index is 0.131. The van der Waals surface area contributed by atoms with E-state index in [2.05, 4.69) is 6.07 Å². The van der Waals surface area contributed by atoms with Crippen LogP contribution in [0.25, 0.3) is 0 Å². The van der Waals surface area contributed by atoms with Crippen molar-refractivity contribution < 1.29 is 19.4 Å². The molecule has 2 rings (SSSR count). The first kappa shape index (κ1) is 16.1. The van der Waals surface area contributed by atoms with Crippen LogP contribution < -0.4 is 9.47 Å². The van der Waals surface area contributed by atoms with Crippen LogP contribution in [0.15, 0.2) is 36.4 Å². The molecule has 0 heterocycles. The zero-order valence-electron chi connectivity index (χ0n) is 11.7. The molecule has 22 heavy (non-hydrogen) atoms. The number of halogens is 1. The Morgan fingerprint density at radius 3 is 2.73 bits per heavy atom. The predicted octanol–water partition coefficient (Wildman–Crippen LogP) is 3.45. The van der Waals surface area contributed by atoms with E-state index in [0.29, 0.717) is 20.6 Å². The van der Waals surface area contributed by atoms with E-state index in [1.165, 1.54) is 19.2 Å². The summed E-state index contributed by atoms with van der Waals surface area (Å²) in [4.78, 5) is 11.1. The molecule has 2 aromatic rings. The van der Waals surface area contributed by atoms with Gasteiger partial charge in [0.05, 0.1) is 27.9 Å². The number of aromatic carboxylic acids is 1. The zero-order chi connectivity index (χ0) is 16.1. The molecule has 0 radical (unpaired) electrons. The van der Waals surface area contributed by atoms with Gasteiger partial charge in [-0.15, -0.1) is 0 Å². The third-order valence-corrected chi connectivity index (χ3v) is 3.79. The molecular formula is C16H12INO4. The molecule has 0 saturated carbocycles. The van der Waals surface area contributed by atoms with Crippen molar-refractivity contribution in [2.24, 2.45) is 0 Å². The predicted molar refractivity (Wildman–Crippen MR) is 88.2 cm³/mol. The van der Waals surface area contributed by atoms with Gasteiger partial charge >= 0.3 is 5.97 Å². The molecule has 0 spiro atoms. The number of hydrogen-bond donors (Lipinski definition) is 1. The average Bonchev–Trinajstić information content (AvgIpc) is 2.53. The Kier molecular flexibility index (Phi) is 5.22. The van der Waals surface area contributed by atoms with Crippen LogP contribution in [-0.4, -0.2) is 18.2 Å². The molecule has 0 unspecified atom stereocenters. The Morgan fingerprint density at radius 2 is 2.09 bits per heavy atom. The number of nitriles is 1. The minimum Gasteiger partial charge on any atom is -0.493 e. The molecule has 0 aliphatic heterocycles. The zero-order valence-corrected chi connectivity index (χ0v) is 13.8. The number of nitrogens with zero attached hydrogens (tertiary/aromatic N) is 1. The highest BCUT2D eigenvalue weighted by Gasteiger charge is 2.15. The molecule has 0 bridgehead atoms. The van der Waals surface area contributed by atoms with Crippen LogP contribution in [0.3, 0.4) is 0 Å². The molecule has 0 saturated heterocycles. The van der Waals surface area contributed by atoms with E-state index in [1.807, 2.05) is 34.7 Å². The van der Waals surface area contributed by atoms with Crippen molar-refractivity contribution in [2.45, 2.75) is 6.61 Å². The lowest BCUT2D eigenvalue weighted by atomic mass is 10.1. The summed E-state index contributed by atoms with van der Waals surface area (Å²) in [5, 5.41) is 18.1. The maximum Gasteiger partial charge on any atom is 0.335 e. The molecule has 2 aromatic carbocycles. The molecule has 6 heteroatoms. The number of benzene rings is 2. The van der Waals surface area contributed by atoms with Crippen LogP contribution >= 0.6 is 22.6 Å². The number of carboxylic acid groups (broad SMARTS) is 1. The van der Waals surface area contributed by atoms with E-state index in [9.17, 15) is 4.79 Å². The normalized spacial score (nSPS) is 9.86. The molecular weight excluding hydrogens is 397 g/mol. The topological polar surface area (TPSA) is 79.6 Å². The van der Waals surface area contributed by atoms with Crippen molar-refractivity contribution in [3.8, 4) is 17.6 Å². The van der Waals surface area contributed by atoms with Crippen LogP contribution in [-0.2, 0) is 6.61 Å². The molecule has 0 aliphatic carbocycles. The molecule has 112 valence electrons. The minimum atomic E-state index is -1.03. The van der Waals surface area contributed by atoms with Crippen molar-refractivity contribution >= 4 is 28.6 Å². The first-order valence-corrected chi connectivity index (χ1v) is 7.36. The molecule has 5 nitrogen and oxygen atoms in total. The van der Waals surface area contributed by atoms with Crippen molar-refractivity contribution in [2.75, 3.05) is 7.11 Å². The largest absolute Gasteiger partial charge is 0.493 e. The number of methoxy groups -OCH3 is 1. The van der Waals surface area contributed by atoms with E-state index in [4.69, 9.17) is 19.8 Å². The standard InChI is InChI=1S/C16H12INO4/c1-21-14-7-12(16(19)20)6-13(17)15(14)22-9-11-5-3-2-4-10(11)8-18/h2-7H,9H2,1H3,(H,19,20). The van der Waals surface area contributed by atoms with Crippen molar-refractivity contribution in [1.82, 2.24) is 0 Å². The van der Waals surface area contributed by atoms with Gasteiger partial charge in [-0.05, 0) is 40.8 Å². The summed E-state index contributed by atoms with van der Waals surface area (Å²) in [5.74, 6) is -0.225. The highest BCUT2D eigenvalue weighted by Crippen LogP contribution is 2.34. The van der Waals surface area contributed by atoms with Gasteiger partial charge in [-0.1, -0.05) is 18.2 Å². The Labute approximate surface area is 141 Å². The SMILES string of the molecule is COc1cc(C(=O)O)cc(I)c1OCc1ccccc1C#N. The van der Waals surface area contributed by atoms with E-state index < -0.39 is 5.97 Å². The van der Waals surface area contributed by atoms with Gasteiger partial charge in [-0.3, -0.25) is 0 Å². The maximum absolute atomic E-state index is 11.1. The molecule has 0 aliphatic rings. The number of carboxylic acids is 1. The summed E-state index contributed by atoms with van der Waals surface area (Å²) in [5.41, 5.74) is 1.43. The highest BCUT2D eigenvalue weighted by molar-refractivity contribution is 14.1. The molecule has 0 aromatic heterocycles. The fraction of sp³-hybridized carbons (Fsp3) is 0.125. The van der Waals surface area contributed by atoms with E-state index >= 15 is 0 Å². The van der Waals surface area contributed by atoms with Gasteiger partial charge in [-0.2, -0.15) is 5.26 Å². The van der Waals surface area contributed by atoms with Gasteiger partial charge in [0.2, 0.25) is 0 Å². The lowest BCUT2D eigenvalue weighted by molar-refractivity contribution is 0.0696. The molecule has 0 amide bonds. The Hall–Kier alpha value is -2.27. The first-order valence-electron chi connectivity index (χ1n) is 6.28. The van der Waals surface area contributed by atoms with Crippen LogP contribution in [0.4, 0.5) is 0 Å². The summed E-state index contributed by atoms with van der Waals surface area (Å²) in [6.45, 7) is 0.197. The van der Waals surface area contributed by atoms with Gasteiger partial charge in [-0.25, -0.2) is 4.79 Å². The Bertz CT molecular complexity index is 752. The summed E-state index contributed by atoms with van der Waals surface area (Å²) in [6.07, 6.45) is 0. The van der Waals surface area contributed by atoms with Crippen molar-refractivity contribution in [1.29, 1.82) is 5.26 Å². The highest BCUT2D eigenvalue weighted by atomic mass is 127. The van der Waals surface area contributed by atoms with E-state index in [0.717, 1.165) is 5.56 Å². The van der Waals surface area contributed by atoms with Crippen LogP contribution in [0.2, 0.25) is 0 Å². The van der Waals surface area contributed by atoms with E-state index in [-0.39, 0.29) is 12.2 Å². The summed E-state index contributed by atoms with van der Waals surface area (Å²) in [7, 11) is 1.45. The lowest BCUT2D eigenvalue weighted by Gasteiger charge is -2.14. The van der Waals surface area contributed by atoms with Gasteiger partial charge in [0, 0.05) is 5.56 Å². The number of carbonyl (C=O) groups is 1. The van der Waals surface area contributed by atoms with Crippen molar-refractivity contribution in [3.63, 3.8) is 0 Å². The quantitative estimate of drug-likeness (QED) is 0.766. The average molecular weight is 409 g/mol. The van der Waals surface area contributed by atoms with Gasteiger partial charge in [0.1, 0.15) is 6.61 Å². The summed E-state index contributed by atoms with van der Waals surface area (Å²) < 4.78 is 11.6. The second kappa shape index (κ2) is 7.13. The molecule has 0 fully saturated rings. The second-order valence-corrected chi connectivity index (χ2v) is 5.51. The first-order chi connectivity index (χ1) is 10.6. The lowest BCUT2D eigenvalue weighted by Crippen LogP contribution is -2.04. The fourth-order valence-corrected chi connectivity index (χ4v) is 2.65. The smallest absolute Gasteiger partial charge is 0.335 e. The van der Waals surface area contributed by atoms with Crippen LogP contribution in [0.5, 0.6) is 11.5 Å². The van der Waals surface area contributed by atoms with Crippen molar-refractivity contribution in [3.05, 3.63) is 56.7 Å². The third kappa shape index (κ3) is 3.49. The van der Waals surface area contributed by atoms with Gasteiger partial charge in [0.15, 0.2) is 11.5 Å². The molecule has 0 atom stereocenters.